The predicted octanol–water partition coefficient (Wildman–Crippen LogP) is 3.04. The van der Waals surface area contributed by atoms with Gasteiger partial charge in [0, 0.05) is 11.6 Å². The maximum Gasteiger partial charge on any atom is 0.331 e. The highest BCUT2D eigenvalue weighted by Crippen LogP contribution is 2.37. The zero-order valence-corrected chi connectivity index (χ0v) is 18.4. The average Bonchev–Trinajstić information content (AvgIpc) is 3.37. The monoisotopic (exact) mass is 442 g/mol. The number of ether oxygens (including phenoxy) is 1. The molecule has 1 N–H and O–H groups in total. The van der Waals surface area contributed by atoms with Crippen molar-refractivity contribution in [2.75, 3.05) is 11.4 Å². The molecule has 4 rings (SSSR count). The van der Waals surface area contributed by atoms with E-state index in [0.29, 0.717) is 24.9 Å². The molecule has 1 aliphatic heterocycles. The lowest BCUT2D eigenvalue weighted by Crippen LogP contribution is -2.53. The van der Waals surface area contributed by atoms with Crippen LogP contribution in [0.1, 0.15) is 48.5 Å². The topological polar surface area (TPSA) is 92.8 Å². The smallest absolute Gasteiger partial charge is 0.331 e. The molecule has 31 heavy (non-hydrogen) atoms. The highest BCUT2D eigenvalue weighted by atomic mass is 32.2. The van der Waals surface area contributed by atoms with Crippen LogP contribution in [0.15, 0.2) is 53.4 Å². The molecule has 164 valence electrons. The van der Waals surface area contributed by atoms with Gasteiger partial charge < -0.3 is 10.1 Å². The number of benzene rings is 2. The van der Waals surface area contributed by atoms with Gasteiger partial charge in [0.15, 0.2) is 0 Å². The molecule has 0 spiro atoms. The number of nitrogens with zero attached hydrogens (tertiary/aromatic N) is 1. The number of para-hydroxylation sites is 1. The summed E-state index contributed by atoms with van der Waals surface area (Å²) in [6.45, 7) is 1.87. The van der Waals surface area contributed by atoms with E-state index in [1.165, 1.54) is 23.5 Å². The molecule has 8 heteroatoms. The molecule has 0 saturated heterocycles. The van der Waals surface area contributed by atoms with E-state index in [1.54, 1.807) is 18.2 Å². The number of methoxy groups -OCH3 is 1. The molecule has 1 fully saturated rings. The molecule has 0 bridgehead atoms. The van der Waals surface area contributed by atoms with Crippen molar-refractivity contribution in [1.29, 1.82) is 0 Å². The van der Waals surface area contributed by atoms with Crippen molar-refractivity contribution in [2.24, 2.45) is 0 Å². The van der Waals surface area contributed by atoms with E-state index in [-0.39, 0.29) is 16.5 Å². The molecule has 2 aliphatic rings. The van der Waals surface area contributed by atoms with Crippen LogP contribution in [0.3, 0.4) is 0 Å². The van der Waals surface area contributed by atoms with Crippen LogP contribution in [-0.4, -0.2) is 39.0 Å². The summed E-state index contributed by atoms with van der Waals surface area (Å²) in [7, 11) is -2.56. The number of anilines is 1. The maximum atomic E-state index is 13.5. The molecule has 1 saturated carbocycles. The maximum absolute atomic E-state index is 13.5. The van der Waals surface area contributed by atoms with E-state index < -0.39 is 27.4 Å². The van der Waals surface area contributed by atoms with Gasteiger partial charge in [-0.05, 0) is 56.0 Å². The summed E-state index contributed by atoms with van der Waals surface area (Å²) in [5.74, 6) is -0.955. The Morgan fingerprint density at radius 1 is 1.10 bits per heavy atom. The number of rotatable bonds is 5. The third-order valence-corrected chi connectivity index (χ3v) is 8.11. The molecule has 1 unspecified atom stereocenters. The Kier molecular flexibility index (Phi) is 5.51. The fourth-order valence-corrected chi connectivity index (χ4v) is 6.40. The lowest BCUT2D eigenvalue weighted by atomic mass is 9.97. The van der Waals surface area contributed by atoms with E-state index >= 15 is 0 Å². The van der Waals surface area contributed by atoms with Crippen LogP contribution in [0.5, 0.6) is 0 Å². The molecular weight excluding hydrogens is 416 g/mol. The van der Waals surface area contributed by atoms with Crippen LogP contribution in [0.4, 0.5) is 5.69 Å². The first kappa shape index (κ1) is 21.4. The minimum Gasteiger partial charge on any atom is -0.467 e. The molecule has 0 aromatic heterocycles. The lowest BCUT2D eigenvalue weighted by Gasteiger charge is -2.27. The Morgan fingerprint density at radius 3 is 2.52 bits per heavy atom. The van der Waals surface area contributed by atoms with E-state index in [1.807, 2.05) is 25.1 Å². The van der Waals surface area contributed by atoms with Crippen molar-refractivity contribution in [3.63, 3.8) is 0 Å². The summed E-state index contributed by atoms with van der Waals surface area (Å²) in [5.41, 5.74) is 0.786. The number of hydrogen-bond donors (Lipinski definition) is 1. The van der Waals surface area contributed by atoms with Crippen molar-refractivity contribution >= 4 is 27.6 Å². The Labute approximate surface area is 182 Å². The van der Waals surface area contributed by atoms with Crippen LogP contribution in [-0.2, 0) is 26.0 Å². The largest absolute Gasteiger partial charge is 0.467 e. The van der Waals surface area contributed by atoms with Gasteiger partial charge in [0.25, 0.3) is 15.9 Å². The normalized spacial score (nSPS) is 19.7. The second kappa shape index (κ2) is 8.00. The van der Waals surface area contributed by atoms with Gasteiger partial charge in [0.2, 0.25) is 0 Å². The van der Waals surface area contributed by atoms with Gasteiger partial charge in [-0.3, -0.25) is 9.10 Å². The highest BCUT2D eigenvalue weighted by Gasteiger charge is 2.44. The van der Waals surface area contributed by atoms with Gasteiger partial charge in [-0.2, -0.15) is 0 Å². The highest BCUT2D eigenvalue weighted by molar-refractivity contribution is 7.92. The van der Waals surface area contributed by atoms with Gasteiger partial charge >= 0.3 is 5.97 Å². The van der Waals surface area contributed by atoms with Crippen LogP contribution in [0.2, 0.25) is 0 Å². The SMILES string of the molecule is COC(=O)C1(NC(=O)c2cccc(S(=O)(=O)N3c4ccccc4CC3C)c2)CCCC1. The van der Waals surface area contributed by atoms with Crippen molar-refractivity contribution in [1.82, 2.24) is 5.32 Å². The molecule has 2 aromatic rings. The first-order valence-electron chi connectivity index (χ1n) is 10.4. The van der Waals surface area contributed by atoms with Crippen molar-refractivity contribution < 1.29 is 22.7 Å². The van der Waals surface area contributed by atoms with Crippen LogP contribution in [0, 0.1) is 0 Å². The first-order valence-corrected chi connectivity index (χ1v) is 11.9. The van der Waals surface area contributed by atoms with Crippen molar-refractivity contribution in [2.45, 2.75) is 55.5 Å². The van der Waals surface area contributed by atoms with Gasteiger partial charge in [-0.15, -0.1) is 0 Å². The minimum atomic E-state index is -3.86. The van der Waals surface area contributed by atoms with E-state index in [0.717, 1.165) is 18.4 Å². The Hall–Kier alpha value is -2.87. The summed E-state index contributed by atoms with van der Waals surface area (Å²) in [5, 5.41) is 2.81. The third-order valence-electron chi connectivity index (χ3n) is 6.18. The summed E-state index contributed by atoms with van der Waals surface area (Å²) < 4.78 is 33.3. The van der Waals surface area contributed by atoms with E-state index in [4.69, 9.17) is 4.74 Å². The van der Waals surface area contributed by atoms with Gasteiger partial charge in [0.1, 0.15) is 5.54 Å². The molecule has 1 amide bonds. The fourth-order valence-electron chi connectivity index (χ4n) is 4.66. The standard InChI is InChI=1S/C23H26N2O5S/c1-16-14-17-8-3-4-11-20(17)25(16)31(28,29)19-10-7-9-18(15-19)21(26)24-23(22(27)30-2)12-5-6-13-23/h3-4,7-11,15-16H,5-6,12-14H2,1-2H3,(H,24,26). The van der Waals surface area contributed by atoms with Crippen molar-refractivity contribution in [3.8, 4) is 0 Å². The molecule has 0 radical (unpaired) electrons. The number of hydrogen-bond acceptors (Lipinski definition) is 5. The predicted molar refractivity (Wildman–Crippen MR) is 116 cm³/mol. The van der Waals surface area contributed by atoms with Crippen LogP contribution in [0.25, 0.3) is 0 Å². The lowest BCUT2D eigenvalue weighted by molar-refractivity contribution is -0.148. The number of nitrogens with one attached hydrogen (secondary N) is 1. The molecule has 7 nitrogen and oxygen atoms in total. The number of esters is 1. The summed E-state index contributed by atoms with van der Waals surface area (Å²) in [6.07, 6.45) is 3.28. The zero-order valence-electron chi connectivity index (χ0n) is 17.6. The second-order valence-corrected chi connectivity index (χ2v) is 10.1. The number of sulfonamides is 1. The molecule has 2 aromatic carbocycles. The first-order chi connectivity index (χ1) is 14.8. The number of carbonyl (C=O) groups excluding carboxylic acids is 2. The molecule has 1 aliphatic carbocycles. The summed E-state index contributed by atoms with van der Waals surface area (Å²) in [6, 6.07) is 13.2. The van der Waals surface area contributed by atoms with Crippen LogP contribution < -0.4 is 9.62 Å². The Morgan fingerprint density at radius 2 is 1.81 bits per heavy atom. The third kappa shape index (κ3) is 3.69. The van der Waals surface area contributed by atoms with Crippen molar-refractivity contribution in [3.05, 3.63) is 59.7 Å². The van der Waals surface area contributed by atoms with Gasteiger partial charge in [-0.25, -0.2) is 13.2 Å². The number of carbonyl (C=O) groups is 2. The molecule has 1 atom stereocenters. The van der Waals surface area contributed by atoms with Gasteiger partial charge in [0.05, 0.1) is 17.7 Å². The molecule has 1 heterocycles. The summed E-state index contributed by atoms with van der Waals surface area (Å²) in [4.78, 5) is 25.3. The Balaban J connectivity index is 1.64. The van der Waals surface area contributed by atoms with E-state index in [9.17, 15) is 18.0 Å². The van der Waals surface area contributed by atoms with Gasteiger partial charge in [-0.1, -0.05) is 37.1 Å². The summed E-state index contributed by atoms with van der Waals surface area (Å²) >= 11 is 0. The number of fused-ring (bicyclic) bond motifs is 1. The van der Waals surface area contributed by atoms with E-state index in [2.05, 4.69) is 5.32 Å². The molecular formula is C23H26N2O5S. The fraction of sp³-hybridized carbons (Fsp3) is 0.391. The quantitative estimate of drug-likeness (QED) is 0.719. The minimum absolute atomic E-state index is 0.0437. The zero-order chi connectivity index (χ0) is 22.2. The Bertz CT molecular complexity index is 1120. The second-order valence-electron chi connectivity index (χ2n) is 8.25. The average molecular weight is 443 g/mol. The van der Waals surface area contributed by atoms with Crippen LogP contribution >= 0.6 is 0 Å². The number of amides is 1.